The Morgan fingerprint density at radius 2 is 2.00 bits per heavy atom. The quantitative estimate of drug-likeness (QED) is 0.769. The van der Waals surface area contributed by atoms with E-state index >= 15 is 0 Å². The van der Waals surface area contributed by atoms with E-state index < -0.39 is 0 Å². The van der Waals surface area contributed by atoms with Crippen LogP contribution >= 0.6 is 0 Å². The number of benzene rings is 1. The van der Waals surface area contributed by atoms with E-state index in [9.17, 15) is 14.0 Å². The summed E-state index contributed by atoms with van der Waals surface area (Å²) in [7, 11) is 0. The van der Waals surface area contributed by atoms with Crippen molar-refractivity contribution in [3.05, 3.63) is 48.3 Å². The van der Waals surface area contributed by atoms with Crippen LogP contribution in [0.25, 0.3) is 0 Å². The topological polar surface area (TPSA) is 49.4 Å². The second-order valence-corrected chi connectivity index (χ2v) is 4.41. The smallest absolute Gasteiger partial charge is 0.239 e. The predicted molar refractivity (Wildman–Crippen MR) is 75.6 cm³/mol. The summed E-state index contributed by atoms with van der Waals surface area (Å²) in [5.74, 6) is -0.665. The molecule has 0 aliphatic carbocycles. The van der Waals surface area contributed by atoms with Crippen molar-refractivity contribution >= 4 is 11.8 Å². The van der Waals surface area contributed by atoms with Crippen LogP contribution in [0.1, 0.15) is 12.5 Å². The standard InChI is InChI=1S/C15H19FN2O2/c1-3-10-18(12(2)19)11-15(20)17-9-8-13-4-6-14(16)7-5-13/h3-7H,1,8-11H2,2H3,(H,17,20). The number of hydrogen-bond acceptors (Lipinski definition) is 2. The molecule has 1 rings (SSSR count). The van der Waals surface area contributed by atoms with Gasteiger partial charge in [-0.25, -0.2) is 4.39 Å². The van der Waals surface area contributed by atoms with E-state index in [1.807, 2.05) is 0 Å². The third-order valence-electron chi connectivity index (χ3n) is 2.78. The molecule has 1 aromatic rings. The summed E-state index contributed by atoms with van der Waals surface area (Å²) in [6.45, 7) is 5.77. The minimum Gasteiger partial charge on any atom is -0.354 e. The molecule has 0 aromatic heterocycles. The van der Waals surface area contributed by atoms with Gasteiger partial charge in [-0.15, -0.1) is 6.58 Å². The summed E-state index contributed by atoms with van der Waals surface area (Å²) in [5, 5.41) is 2.73. The van der Waals surface area contributed by atoms with E-state index in [1.54, 1.807) is 18.2 Å². The Morgan fingerprint density at radius 1 is 1.35 bits per heavy atom. The third kappa shape index (κ3) is 5.65. The molecule has 0 aliphatic heterocycles. The summed E-state index contributed by atoms with van der Waals surface area (Å²) in [6.07, 6.45) is 2.20. The average molecular weight is 278 g/mol. The molecule has 4 nitrogen and oxygen atoms in total. The fourth-order valence-electron chi connectivity index (χ4n) is 1.69. The van der Waals surface area contributed by atoms with Gasteiger partial charge in [0.05, 0.1) is 6.54 Å². The summed E-state index contributed by atoms with van der Waals surface area (Å²) in [6, 6.07) is 6.14. The zero-order chi connectivity index (χ0) is 15.0. The highest BCUT2D eigenvalue weighted by molar-refractivity contribution is 5.83. The molecule has 0 fully saturated rings. The van der Waals surface area contributed by atoms with Crippen LogP contribution in [0, 0.1) is 5.82 Å². The number of carbonyl (C=O) groups is 2. The maximum absolute atomic E-state index is 12.7. The van der Waals surface area contributed by atoms with Crippen LogP contribution in [0.2, 0.25) is 0 Å². The normalized spacial score (nSPS) is 9.90. The van der Waals surface area contributed by atoms with Crippen LogP contribution < -0.4 is 5.32 Å². The molecule has 0 aliphatic rings. The Bertz CT molecular complexity index is 471. The molecular formula is C15H19FN2O2. The van der Waals surface area contributed by atoms with E-state index in [1.165, 1.54) is 24.0 Å². The summed E-state index contributed by atoms with van der Waals surface area (Å²) in [4.78, 5) is 24.3. The number of rotatable bonds is 7. The monoisotopic (exact) mass is 278 g/mol. The Labute approximate surface area is 118 Å². The van der Waals surface area contributed by atoms with E-state index in [0.717, 1.165) is 5.56 Å². The largest absolute Gasteiger partial charge is 0.354 e. The lowest BCUT2D eigenvalue weighted by atomic mass is 10.1. The Kier molecular flexibility index (Phi) is 6.43. The van der Waals surface area contributed by atoms with Crippen molar-refractivity contribution in [3.8, 4) is 0 Å². The number of carbonyl (C=O) groups excluding carboxylic acids is 2. The molecule has 108 valence electrons. The zero-order valence-electron chi connectivity index (χ0n) is 11.6. The van der Waals surface area contributed by atoms with Gasteiger partial charge in [-0.1, -0.05) is 18.2 Å². The van der Waals surface area contributed by atoms with Crippen molar-refractivity contribution in [2.45, 2.75) is 13.3 Å². The summed E-state index contributed by atoms with van der Waals surface area (Å²) < 4.78 is 12.7. The number of nitrogens with one attached hydrogen (secondary N) is 1. The Hall–Kier alpha value is -2.17. The molecular weight excluding hydrogens is 259 g/mol. The highest BCUT2D eigenvalue weighted by Crippen LogP contribution is 2.02. The first-order valence-corrected chi connectivity index (χ1v) is 6.40. The summed E-state index contributed by atoms with van der Waals surface area (Å²) in [5.41, 5.74) is 0.946. The molecule has 20 heavy (non-hydrogen) atoms. The van der Waals surface area contributed by atoms with Gasteiger partial charge in [0, 0.05) is 20.0 Å². The van der Waals surface area contributed by atoms with Gasteiger partial charge >= 0.3 is 0 Å². The van der Waals surface area contributed by atoms with Crippen molar-refractivity contribution in [2.75, 3.05) is 19.6 Å². The molecule has 0 saturated carbocycles. The van der Waals surface area contributed by atoms with Gasteiger partial charge < -0.3 is 10.2 Å². The number of halogens is 1. The Balaban J connectivity index is 2.33. The third-order valence-corrected chi connectivity index (χ3v) is 2.78. The molecule has 0 heterocycles. The first-order chi connectivity index (χ1) is 9.52. The maximum atomic E-state index is 12.7. The van der Waals surface area contributed by atoms with Gasteiger partial charge in [-0.05, 0) is 24.1 Å². The molecule has 0 radical (unpaired) electrons. The van der Waals surface area contributed by atoms with Gasteiger partial charge in [0.15, 0.2) is 0 Å². The van der Waals surface area contributed by atoms with Crippen LogP contribution in [0.4, 0.5) is 4.39 Å². The van der Waals surface area contributed by atoms with Crippen molar-refractivity contribution in [2.24, 2.45) is 0 Å². The van der Waals surface area contributed by atoms with E-state index in [2.05, 4.69) is 11.9 Å². The molecule has 2 amide bonds. The van der Waals surface area contributed by atoms with Crippen LogP contribution in [0.5, 0.6) is 0 Å². The van der Waals surface area contributed by atoms with Crippen LogP contribution in [0.3, 0.4) is 0 Å². The number of amides is 2. The fraction of sp³-hybridized carbons (Fsp3) is 0.333. The van der Waals surface area contributed by atoms with Gasteiger partial charge in [-0.3, -0.25) is 9.59 Å². The van der Waals surface area contributed by atoms with Gasteiger partial charge in [0.1, 0.15) is 5.82 Å². The number of nitrogens with zero attached hydrogens (tertiary/aromatic N) is 1. The van der Waals surface area contributed by atoms with Gasteiger partial charge in [-0.2, -0.15) is 0 Å². The van der Waals surface area contributed by atoms with Crippen LogP contribution in [-0.4, -0.2) is 36.3 Å². The highest BCUT2D eigenvalue weighted by atomic mass is 19.1. The van der Waals surface area contributed by atoms with Gasteiger partial charge in [0.25, 0.3) is 0 Å². The summed E-state index contributed by atoms with van der Waals surface area (Å²) >= 11 is 0. The van der Waals surface area contributed by atoms with Crippen LogP contribution in [-0.2, 0) is 16.0 Å². The Morgan fingerprint density at radius 3 is 2.55 bits per heavy atom. The van der Waals surface area contributed by atoms with E-state index in [4.69, 9.17) is 0 Å². The first-order valence-electron chi connectivity index (χ1n) is 6.40. The van der Waals surface area contributed by atoms with E-state index in [0.29, 0.717) is 19.5 Å². The lowest BCUT2D eigenvalue weighted by Gasteiger charge is -2.18. The molecule has 0 bridgehead atoms. The number of hydrogen-bond donors (Lipinski definition) is 1. The molecule has 0 unspecified atom stereocenters. The molecule has 1 aromatic carbocycles. The minimum atomic E-state index is -0.278. The second-order valence-electron chi connectivity index (χ2n) is 4.41. The average Bonchev–Trinajstić information content (AvgIpc) is 2.40. The second kappa shape index (κ2) is 8.09. The molecule has 5 heteroatoms. The zero-order valence-corrected chi connectivity index (χ0v) is 11.6. The maximum Gasteiger partial charge on any atom is 0.239 e. The molecule has 0 saturated heterocycles. The van der Waals surface area contributed by atoms with Crippen molar-refractivity contribution in [1.29, 1.82) is 0 Å². The van der Waals surface area contributed by atoms with Crippen molar-refractivity contribution < 1.29 is 14.0 Å². The molecule has 0 atom stereocenters. The van der Waals surface area contributed by atoms with Gasteiger partial charge in [0.2, 0.25) is 11.8 Å². The molecule has 1 N–H and O–H groups in total. The molecule has 0 spiro atoms. The van der Waals surface area contributed by atoms with E-state index in [-0.39, 0.29) is 24.2 Å². The SMILES string of the molecule is C=CCN(CC(=O)NCCc1ccc(F)cc1)C(C)=O. The predicted octanol–water partition coefficient (Wildman–Crippen LogP) is 1.52. The lowest BCUT2D eigenvalue weighted by molar-refractivity contribution is -0.133. The first kappa shape index (κ1) is 15.9. The van der Waals surface area contributed by atoms with Crippen LogP contribution in [0.15, 0.2) is 36.9 Å². The van der Waals surface area contributed by atoms with Crippen molar-refractivity contribution in [1.82, 2.24) is 10.2 Å². The lowest BCUT2D eigenvalue weighted by Crippen LogP contribution is -2.40. The highest BCUT2D eigenvalue weighted by Gasteiger charge is 2.11. The minimum absolute atomic E-state index is 0.0186. The fourth-order valence-corrected chi connectivity index (χ4v) is 1.69. The van der Waals surface area contributed by atoms with Crippen molar-refractivity contribution in [3.63, 3.8) is 0 Å².